The van der Waals surface area contributed by atoms with Crippen molar-refractivity contribution < 1.29 is 9.47 Å². The molecule has 102 valence electrons. The van der Waals surface area contributed by atoms with Crippen LogP contribution in [0.15, 0.2) is 29.9 Å². The van der Waals surface area contributed by atoms with Crippen LogP contribution in [0.1, 0.15) is 16.5 Å². The van der Waals surface area contributed by atoms with E-state index < -0.39 is 0 Å². The molecule has 4 nitrogen and oxygen atoms in total. The van der Waals surface area contributed by atoms with Crippen LogP contribution >= 0.6 is 11.3 Å². The van der Waals surface area contributed by atoms with Crippen LogP contribution in [0.2, 0.25) is 0 Å². The van der Waals surface area contributed by atoms with Gasteiger partial charge in [0.2, 0.25) is 0 Å². The highest BCUT2D eigenvalue weighted by molar-refractivity contribution is 7.09. The molecule has 1 aromatic heterocycles. The number of para-hydroxylation sites is 1. The Hall–Kier alpha value is -1.59. The third kappa shape index (κ3) is 3.05. The first-order valence-corrected chi connectivity index (χ1v) is 6.93. The number of nitrogens with one attached hydrogen (secondary N) is 1. The topological polar surface area (TPSA) is 43.4 Å². The molecule has 1 atom stereocenters. The van der Waals surface area contributed by atoms with E-state index >= 15 is 0 Å². The Kier molecular flexibility index (Phi) is 4.76. The summed E-state index contributed by atoms with van der Waals surface area (Å²) < 4.78 is 10.8. The Balaban J connectivity index is 2.32. The van der Waals surface area contributed by atoms with Crippen molar-refractivity contribution >= 4 is 11.3 Å². The van der Waals surface area contributed by atoms with Gasteiger partial charge in [-0.1, -0.05) is 12.1 Å². The van der Waals surface area contributed by atoms with Gasteiger partial charge in [-0.3, -0.25) is 4.98 Å². The molecular weight excluding hydrogens is 260 g/mol. The average Bonchev–Trinajstić information content (AvgIpc) is 2.96. The van der Waals surface area contributed by atoms with E-state index in [2.05, 4.69) is 16.4 Å². The Morgan fingerprint density at radius 2 is 2.16 bits per heavy atom. The Labute approximate surface area is 117 Å². The molecule has 1 heterocycles. The third-order valence-corrected chi connectivity index (χ3v) is 3.85. The second kappa shape index (κ2) is 6.54. The normalized spacial score (nSPS) is 12.2. The first kappa shape index (κ1) is 13.8. The molecule has 0 aliphatic rings. The van der Waals surface area contributed by atoms with Gasteiger partial charge in [-0.05, 0) is 13.1 Å². The number of likely N-dealkylation sites (N-methyl/N-ethyl adjacent to an activating group) is 1. The number of methoxy groups -OCH3 is 2. The van der Waals surface area contributed by atoms with Gasteiger partial charge in [0.1, 0.15) is 0 Å². The summed E-state index contributed by atoms with van der Waals surface area (Å²) >= 11 is 1.66. The fraction of sp³-hybridized carbons (Fsp3) is 0.357. The van der Waals surface area contributed by atoms with Gasteiger partial charge in [-0.25, -0.2) is 0 Å². The third-order valence-electron chi connectivity index (χ3n) is 3.05. The van der Waals surface area contributed by atoms with Crippen molar-refractivity contribution in [3.05, 3.63) is 40.3 Å². The zero-order valence-electron chi connectivity index (χ0n) is 11.3. The van der Waals surface area contributed by atoms with Crippen molar-refractivity contribution in [3.8, 4) is 11.5 Å². The van der Waals surface area contributed by atoms with Gasteiger partial charge in [0.25, 0.3) is 0 Å². The monoisotopic (exact) mass is 278 g/mol. The van der Waals surface area contributed by atoms with E-state index in [0.29, 0.717) is 0 Å². The summed E-state index contributed by atoms with van der Waals surface area (Å²) in [5.41, 5.74) is 2.95. The lowest BCUT2D eigenvalue weighted by Crippen LogP contribution is -2.19. The zero-order valence-corrected chi connectivity index (χ0v) is 12.2. The molecule has 2 rings (SSSR count). The maximum Gasteiger partial charge on any atom is 0.165 e. The van der Waals surface area contributed by atoms with Gasteiger partial charge >= 0.3 is 0 Å². The molecule has 0 spiro atoms. The predicted octanol–water partition coefficient (Wildman–Crippen LogP) is 2.66. The first-order chi connectivity index (χ1) is 9.30. The molecule has 0 bridgehead atoms. The number of aromatic nitrogens is 1. The van der Waals surface area contributed by atoms with Crippen LogP contribution < -0.4 is 14.8 Å². The average molecular weight is 278 g/mol. The lowest BCUT2D eigenvalue weighted by Gasteiger charge is -2.20. The molecule has 5 heteroatoms. The predicted molar refractivity (Wildman–Crippen MR) is 77.2 cm³/mol. The molecule has 0 amide bonds. The van der Waals surface area contributed by atoms with E-state index in [9.17, 15) is 0 Å². The number of ether oxygens (including phenoxy) is 2. The largest absolute Gasteiger partial charge is 0.493 e. The Morgan fingerprint density at radius 3 is 2.74 bits per heavy atom. The second-order valence-electron chi connectivity index (χ2n) is 4.10. The highest BCUT2D eigenvalue weighted by Gasteiger charge is 2.18. The minimum Gasteiger partial charge on any atom is -0.493 e. The fourth-order valence-electron chi connectivity index (χ4n) is 2.10. The lowest BCUT2D eigenvalue weighted by atomic mass is 10.0. The van der Waals surface area contributed by atoms with Crippen molar-refractivity contribution in [1.29, 1.82) is 0 Å². The molecule has 0 radical (unpaired) electrons. The minimum atomic E-state index is 0.172. The van der Waals surface area contributed by atoms with Gasteiger partial charge in [-0.2, -0.15) is 0 Å². The number of thiazole rings is 1. The van der Waals surface area contributed by atoms with Crippen molar-refractivity contribution in [3.63, 3.8) is 0 Å². The Morgan fingerprint density at radius 1 is 1.32 bits per heavy atom. The maximum atomic E-state index is 5.49. The minimum absolute atomic E-state index is 0.172. The SMILES string of the molecule is CNC(Cc1cncs1)c1cccc(OC)c1OC. The van der Waals surface area contributed by atoms with Gasteiger partial charge in [0.15, 0.2) is 11.5 Å². The van der Waals surface area contributed by atoms with Crippen molar-refractivity contribution in [2.45, 2.75) is 12.5 Å². The van der Waals surface area contributed by atoms with Crippen LogP contribution in [0.4, 0.5) is 0 Å². The number of benzene rings is 1. The van der Waals surface area contributed by atoms with Crippen molar-refractivity contribution in [1.82, 2.24) is 10.3 Å². The van der Waals surface area contributed by atoms with Crippen LogP contribution in [0.25, 0.3) is 0 Å². The number of hydrogen-bond acceptors (Lipinski definition) is 5. The molecule has 2 aromatic rings. The molecule has 0 aliphatic carbocycles. The molecule has 0 fully saturated rings. The zero-order chi connectivity index (χ0) is 13.7. The van der Waals surface area contributed by atoms with Gasteiger partial charge in [0, 0.05) is 29.1 Å². The maximum absolute atomic E-state index is 5.49. The molecule has 1 aromatic carbocycles. The summed E-state index contributed by atoms with van der Waals surface area (Å²) in [5, 5.41) is 3.33. The van der Waals surface area contributed by atoms with Crippen LogP contribution in [-0.4, -0.2) is 26.3 Å². The number of rotatable bonds is 6. The van der Waals surface area contributed by atoms with E-state index in [1.54, 1.807) is 25.6 Å². The molecule has 0 aliphatic heterocycles. The summed E-state index contributed by atoms with van der Waals surface area (Å²) in [5.74, 6) is 1.54. The van der Waals surface area contributed by atoms with Crippen LogP contribution in [0.5, 0.6) is 11.5 Å². The highest BCUT2D eigenvalue weighted by Crippen LogP contribution is 2.35. The number of nitrogens with zero attached hydrogens (tertiary/aromatic N) is 1. The van der Waals surface area contributed by atoms with Crippen molar-refractivity contribution in [2.75, 3.05) is 21.3 Å². The second-order valence-corrected chi connectivity index (χ2v) is 5.07. The quantitative estimate of drug-likeness (QED) is 0.882. The first-order valence-electron chi connectivity index (χ1n) is 6.05. The molecule has 0 saturated carbocycles. The summed E-state index contributed by atoms with van der Waals surface area (Å²) in [6.45, 7) is 0. The summed E-state index contributed by atoms with van der Waals surface area (Å²) in [6, 6.07) is 6.12. The van der Waals surface area contributed by atoms with E-state index in [0.717, 1.165) is 23.5 Å². The van der Waals surface area contributed by atoms with E-state index in [4.69, 9.17) is 9.47 Å². The van der Waals surface area contributed by atoms with E-state index in [1.165, 1.54) is 4.88 Å². The molecular formula is C14H18N2O2S. The van der Waals surface area contributed by atoms with Gasteiger partial charge in [0.05, 0.1) is 19.7 Å². The molecule has 1 N–H and O–H groups in total. The number of hydrogen-bond donors (Lipinski definition) is 1. The van der Waals surface area contributed by atoms with Gasteiger partial charge in [-0.15, -0.1) is 11.3 Å². The molecule has 1 unspecified atom stereocenters. The summed E-state index contributed by atoms with van der Waals surface area (Å²) in [4.78, 5) is 5.35. The smallest absolute Gasteiger partial charge is 0.165 e. The summed E-state index contributed by atoms with van der Waals surface area (Å²) in [7, 11) is 5.27. The standard InChI is InChI=1S/C14H18N2O2S/c1-15-12(7-10-8-16-9-19-10)11-5-4-6-13(17-2)14(11)18-3/h4-6,8-9,12,15H,7H2,1-3H3. The Bertz CT molecular complexity index is 514. The van der Waals surface area contributed by atoms with Crippen LogP contribution in [0.3, 0.4) is 0 Å². The van der Waals surface area contributed by atoms with Crippen LogP contribution in [0, 0.1) is 0 Å². The van der Waals surface area contributed by atoms with E-state index in [1.807, 2.05) is 30.9 Å². The van der Waals surface area contributed by atoms with Gasteiger partial charge < -0.3 is 14.8 Å². The molecule has 0 saturated heterocycles. The fourth-order valence-corrected chi connectivity index (χ4v) is 2.74. The molecule has 19 heavy (non-hydrogen) atoms. The lowest BCUT2D eigenvalue weighted by molar-refractivity contribution is 0.347. The van der Waals surface area contributed by atoms with E-state index in [-0.39, 0.29) is 6.04 Å². The summed E-state index contributed by atoms with van der Waals surface area (Å²) in [6.07, 6.45) is 2.78. The van der Waals surface area contributed by atoms with Crippen LogP contribution in [-0.2, 0) is 6.42 Å². The van der Waals surface area contributed by atoms with Crippen molar-refractivity contribution in [2.24, 2.45) is 0 Å². The highest BCUT2D eigenvalue weighted by atomic mass is 32.1.